The van der Waals surface area contributed by atoms with Crippen LogP contribution in [0, 0.1) is 6.92 Å². The number of furan rings is 1. The average Bonchev–Trinajstić information content (AvgIpc) is 2.54. The summed E-state index contributed by atoms with van der Waals surface area (Å²) in [5, 5.41) is 1.09. The summed E-state index contributed by atoms with van der Waals surface area (Å²) in [5.74, 6) is 0.887. The summed E-state index contributed by atoms with van der Waals surface area (Å²) >= 11 is 0. The first-order valence-corrected chi connectivity index (χ1v) is 5.18. The molecule has 0 saturated heterocycles. The molecule has 0 radical (unpaired) electrons. The quantitative estimate of drug-likeness (QED) is 0.808. The number of hydrogen-bond donors (Lipinski definition) is 1. The molecule has 0 fully saturated rings. The van der Waals surface area contributed by atoms with E-state index < -0.39 is 0 Å². The van der Waals surface area contributed by atoms with E-state index in [0.29, 0.717) is 0 Å². The van der Waals surface area contributed by atoms with Crippen molar-refractivity contribution in [2.45, 2.75) is 20.3 Å². The maximum Gasteiger partial charge on any atom is 0.134 e. The fraction of sp³-hybridized carbons (Fsp3) is 0.231. The minimum Gasteiger partial charge on any atom is -0.461 e. The normalized spacial score (nSPS) is 12.3. The van der Waals surface area contributed by atoms with E-state index >= 15 is 0 Å². The summed E-state index contributed by atoms with van der Waals surface area (Å²) in [6.07, 6.45) is 2.95. The Balaban J connectivity index is 2.69. The van der Waals surface area contributed by atoms with Gasteiger partial charge in [0.1, 0.15) is 11.3 Å². The van der Waals surface area contributed by atoms with E-state index in [4.69, 9.17) is 10.2 Å². The van der Waals surface area contributed by atoms with Gasteiger partial charge in [0.2, 0.25) is 0 Å². The first kappa shape index (κ1) is 9.84. The number of benzene rings is 1. The fourth-order valence-electron chi connectivity index (χ4n) is 1.85. The molecule has 0 atom stereocenters. The van der Waals surface area contributed by atoms with Gasteiger partial charge in [-0.15, -0.1) is 0 Å². The second-order valence-corrected chi connectivity index (χ2v) is 3.60. The Morgan fingerprint density at radius 1 is 1.40 bits per heavy atom. The van der Waals surface area contributed by atoms with Crippen LogP contribution in [0.1, 0.15) is 24.7 Å². The van der Waals surface area contributed by atoms with Crippen molar-refractivity contribution in [3.05, 3.63) is 41.7 Å². The zero-order valence-electron chi connectivity index (χ0n) is 9.08. The van der Waals surface area contributed by atoms with E-state index in [-0.39, 0.29) is 0 Å². The van der Waals surface area contributed by atoms with Crippen molar-refractivity contribution in [1.82, 2.24) is 0 Å². The van der Waals surface area contributed by atoms with Crippen LogP contribution in [0.2, 0.25) is 0 Å². The van der Waals surface area contributed by atoms with Crippen LogP contribution in [-0.2, 0) is 0 Å². The van der Waals surface area contributed by atoms with Gasteiger partial charge in [0.05, 0.1) is 0 Å². The number of allylic oxidation sites excluding steroid dienone is 1. The van der Waals surface area contributed by atoms with Gasteiger partial charge < -0.3 is 10.2 Å². The van der Waals surface area contributed by atoms with Crippen molar-refractivity contribution in [2.75, 3.05) is 0 Å². The molecule has 2 heteroatoms. The van der Waals surface area contributed by atoms with Gasteiger partial charge in [-0.25, -0.2) is 0 Å². The molecule has 0 bridgehead atoms. The first-order valence-electron chi connectivity index (χ1n) is 5.18. The van der Waals surface area contributed by atoms with Gasteiger partial charge in [0, 0.05) is 16.6 Å². The van der Waals surface area contributed by atoms with Crippen LogP contribution in [0.5, 0.6) is 0 Å². The summed E-state index contributed by atoms with van der Waals surface area (Å²) in [6, 6.07) is 7.97. The highest BCUT2D eigenvalue weighted by atomic mass is 16.3. The van der Waals surface area contributed by atoms with E-state index in [0.717, 1.165) is 34.4 Å². The van der Waals surface area contributed by atoms with Crippen LogP contribution < -0.4 is 5.73 Å². The van der Waals surface area contributed by atoms with Crippen LogP contribution >= 0.6 is 0 Å². The third-order valence-corrected chi connectivity index (χ3v) is 2.48. The number of aryl methyl sites for hydroxylation is 1. The molecular weight excluding hydrogens is 186 g/mol. The van der Waals surface area contributed by atoms with E-state index in [2.05, 4.69) is 6.92 Å². The topological polar surface area (TPSA) is 39.2 Å². The minimum absolute atomic E-state index is 0.806. The highest BCUT2D eigenvalue weighted by Crippen LogP contribution is 2.28. The third-order valence-electron chi connectivity index (χ3n) is 2.48. The lowest BCUT2D eigenvalue weighted by Crippen LogP contribution is -1.96. The van der Waals surface area contributed by atoms with Gasteiger partial charge in [0.25, 0.3) is 0 Å². The van der Waals surface area contributed by atoms with Crippen molar-refractivity contribution in [3.63, 3.8) is 0 Å². The molecule has 2 N–H and O–H groups in total. The Morgan fingerprint density at radius 3 is 2.87 bits per heavy atom. The second kappa shape index (κ2) is 3.81. The molecule has 0 unspecified atom stereocenters. The van der Waals surface area contributed by atoms with Crippen LogP contribution in [0.4, 0.5) is 0 Å². The maximum absolute atomic E-state index is 6.02. The van der Waals surface area contributed by atoms with Crippen LogP contribution in [-0.4, -0.2) is 0 Å². The molecule has 2 aromatic rings. The van der Waals surface area contributed by atoms with Crippen LogP contribution in [0.15, 0.2) is 34.8 Å². The van der Waals surface area contributed by atoms with Crippen molar-refractivity contribution < 1.29 is 4.42 Å². The van der Waals surface area contributed by atoms with Crippen LogP contribution in [0.3, 0.4) is 0 Å². The molecule has 2 rings (SSSR count). The molecule has 0 saturated carbocycles. The Kier molecular flexibility index (Phi) is 2.50. The zero-order valence-corrected chi connectivity index (χ0v) is 9.08. The lowest BCUT2D eigenvalue weighted by atomic mass is 10.1. The Labute approximate surface area is 89.4 Å². The number of nitrogens with two attached hydrogens (primary N) is 1. The maximum atomic E-state index is 6.02. The summed E-state index contributed by atoms with van der Waals surface area (Å²) in [7, 11) is 0. The highest BCUT2D eigenvalue weighted by Gasteiger charge is 2.11. The number of fused-ring (bicyclic) bond motifs is 1. The molecule has 2 nitrogen and oxygen atoms in total. The molecule has 1 aromatic heterocycles. The minimum atomic E-state index is 0.806. The number of para-hydroxylation sites is 1. The predicted octanol–water partition coefficient (Wildman–Crippen LogP) is 3.45. The van der Waals surface area contributed by atoms with E-state index in [1.807, 2.05) is 37.3 Å². The van der Waals surface area contributed by atoms with Crippen molar-refractivity contribution in [1.29, 1.82) is 0 Å². The molecule has 78 valence electrons. The smallest absolute Gasteiger partial charge is 0.134 e. The van der Waals surface area contributed by atoms with E-state index in [1.54, 1.807) is 0 Å². The lowest BCUT2D eigenvalue weighted by molar-refractivity contribution is 0.577. The predicted molar refractivity (Wildman–Crippen MR) is 63.4 cm³/mol. The second-order valence-electron chi connectivity index (χ2n) is 3.60. The summed E-state index contributed by atoms with van der Waals surface area (Å²) in [6.45, 7) is 4.02. The third kappa shape index (κ3) is 1.63. The van der Waals surface area contributed by atoms with Crippen molar-refractivity contribution in [3.8, 4) is 0 Å². The standard InChI is InChI=1S/C13H15NO/c1-3-6-11(14)13-9(2)15-12-8-5-4-7-10(12)13/h4-8H,3,14H2,1-2H3/b11-6+. The molecule has 0 aliphatic rings. The molecule has 1 aromatic carbocycles. The van der Waals surface area contributed by atoms with Gasteiger partial charge in [-0.3, -0.25) is 0 Å². The number of rotatable bonds is 2. The molecule has 0 amide bonds. The molecule has 0 aliphatic carbocycles. The Morgan fingerprint density at radius 2 is 2.13 bits per heavy atom. The summed E-state index contributed by atoms with van der Waals surface area (Å²) in [4.78, 5) is 0. The molecule has 1 heterocycles. The van der Waals surface area contributed by atoms with E-state index in [9.17, 15) is 0 Å². The van der Waals surface area contributed by atoms with Crippen molar-refractivity contribution >= 4 is 16.7 Å². The Hall–Kier alpha value is -1.70. The fourth-order valence-corrected chi connectivity index (χ4v) is 1.85. The van der Waals surface area contributed by atoms with Gasteiger partial charge in [0.15, 0.2) is 0 Å². The molecule has 0 spiro atoms. The zero-order chi connectivity index (χ0) is 10.8. The van der Waals surface area contributed by atoms with Gasteiger partial charge >= 0.3 is 0 Å². The summed E-state index contributed by atoms with van der Waals surface area (Å²) in [5.41, 5.74) is 8.76. The van der Waals surface area contributed by atoms with E-state index in [1.165, 1.54) is 0 Å². The molecule has 15 heavy (non-hydrogen) atoms. The SMILES string of the molecule is CC/C=C(/N)c1c(C)oc2ccccc12. The first-order chi connectivity index (χ1) is 7.24. The molecule has 0 aliphatic heterocycles. The summed E-state index contributed by atoms with van der Waals surface area (Å²) < 4.78 is 5.65. The number of hydrogen-bond acceptors (Lipinski definition) is 2. The Bertz CT molecular complexity index is 508. The monoisotopic (exact) mass is 201 g/mol. The van der Waals surface area contributed by atoms with Gasteiger partial charge in [-0.1, -0.05) is 31.2 Å². The largest absolute Gasteiger partial charge is 0.461 e. The average molecular weight is 201 g/mol. The highest BCUT2D eigenvalue weighted by molar-refractivity contribution is 5.91. The lowest BCUT2D eigenvalue weighted by Gasteiger charge is -1.99. The van der Waals surface area contributed by atoms with Gasteiger partial charge in [-0.05, 0) is 19.4 Å². The van der Waals surface area contributed by atoms with Crippen LogP contribution in [0.25, 0.3) is 16.7 Å². The van der Waals surface area contributed by atoms with Crippen molar-refractivity contribution in [2.24, 2.45) is 5.73 Å². The molecular formula is C13H15NO. The van der Waals surface area contributed by atoms with Gasteiger partial charge in [-0.2, -0.15) is 0 Å².